The Labute approximate surface area is 127 Å². The van der Waals surface area contributed by atoms with Crippen LogP contribution < -0.4 is 5.32 Å². The molecule has 21 heavy (non-hydrogen) atoms. The molecule has 0 bridgehead atoms. The molecule has 3 rings (SSSR count). The Kier molecular flexibility index (Phi) is 4.11. The molecule has 2 aliphatic rings. The van der Waals surface area contributed by atoms with Gasteiger partial charge in [0.05, 0.1) is 0 Å². The van der Waals surface area contributed by atoms with E-state index in [1.54, 1.807) is 0 Å². The first-order valence-corrected chi connectivity index (χ1v) is 7.97. The van der Waals surface area contributed by atoms with Gasteiger partial charge < -0.3 is 10.2 Å². The van der Waals surface area contributed by atoms with Gasteiger partial charge in [-0.2, -0.15) is 0 Å². The summed E-state index contributed by atoms with van der Waals surface area (Å²) in [5, 5.41) is 3.21. The molecule has 3 heteroatoms. The standard InChI is InChI=1S/C18H24N2O/c1-13-12-20(14-8-4-3-5-9-14)18(21)17(19-2)16-11-7-6-10-15(13)16/h6-7,10-11,14,17,19H,1,3-5,8-9,12H2,2H3. The van der Waals surface area contributed by atoms with Gasteiger partial charge in [-0.25, -0.2) is 0 Å². The number of hydrogen-bond acceptors (Lipinski definition) is 2. The Morgan fingerprint density at radius 1 is 1.19 bits per heavy atom. The van der Waals surface area contributed by atoms with E-state index < -0.39 is 0 Å². The number of carbonyl (C=O) groups excluding carboxylic acids is 1. The van der Waals surface area contributed by atoms with E-state index >= 15 is 0 Å². The third-order valence-electron chi connectivity index (χ3n) is 4.85. The van der Waals surface area contributed by atoms with Crippen LogP contribution in [-0.4, -0.2) is 30.4 Å². The van der Waals surface area contributed by atoms with Crippen molar-refractivity contribution in [1.29, 1.82) is 0 Å². The Bertz CT molecular complexity index is 546. The number of nitrogens with zero attached hydrogens (tertiary/aromatic N) is 1. The predicted octanol–water partition coefficient (Wildman–Crippen LogP) is 3.14. The summed E-state index contributed by atoms with van der Waals surface area (Å²) in [5.74, 6) is 0.204. The van der Waals surface area contributed by atoms with E-state index in [-0.39, 0.29) is 11.9 Å². The van der Waals surface area contributed by atoms with E-state index in [4.69, 9.17) is 0 Å². The van der Waals surface area contributed by atoms with Crippen LogP contribution in [0.1, 0.15) is 49.3 Å². The normalized spacial score (nSPS) is 23.9. The summed E-state index contributed by atoms with van der Waals surface area (Å²) in [6, 6.07) is 8.29. The summed E-state index contributed by atoms with van der Waals surface area (Å²) in [6.07, 6.45) is 6.03. The SMILES string of the molecule is C=C1CN(C2CCCCC2)C(=O)C(NC)c2ccccc21. The van der Waals surface area contributed by atoms with E-state index in [1.807, 2.05) is 25.2 Å². The van der Waals surface area contributed by atoms with Crippen LogP contribution >= 0.6 is 0 Å². The van der Waals surface area contributed by atoms with Crippen LogP contribution in [0.4, 0.5) is 0 Å². The van der Waals surface area contributed by atoms with Crippen LogP contribution in [0.25, 0.3) is 5.57 Å². The number of nitrogens with one attached hydrogen (secondary N) is 1. The van der Waals surface area contributed by atoms with Crippen LogP contribution in [0.5, 0.6) is 0 Å². The lowest BCUT2D eigenvalue weighted by Gasteiger charge is -2.35. The number of hydrogen-bond donors (Lipinski definition) is 1. The molecule has 1 atom stereocenters. The quantitative estimate of drug-likeness (QED) is 0.905. The van der Waals surface area contributed by atoms with E-state index in [0.717, 1.165) is 29.5 Å². The molecule has 0 spiro atoms. The van der Waals surface area contributed by atoms with E-state index in [1.165, 1.54) is 19.3 Å². The molecule has 0 radical (unpaired) electrons. The minimum Gasteiger partial charge on any atom is -0.334 e. The van der Waals surface area contributed by atoms with Gasteiger partial charge in [0.2, 0.25) is 5.91 Å². The second-order valence-corrected chi connectivity index (χ2v) is 6.17. The van der Waals surface area contributed by atoms with Crippen LogP contribution in [0.3, 0.4) is 0 Å². The van der Waals surface area contributed by atoms with E-state index in [0.29, 0.717) is 12.6 Å². The Hall–Kier alpha value is -1.61. The van der Waals surface area contributed by atoms with Gasteiger partial charge in [0, 0.05) is 12.6 Å². The fourth-order valence-electron chi connectivity index (χ4n) is 3.72. The Morgan fingerprint density at radius 2 is 1.90 bits per heavy atom. The Morgan fingerprint density at radius 3 is 2.62 bits per heavy atom. The summed E-state index contributed by atoms with van der Waals surface area (Å²) in [5.41, 5.74) is 3.25. The maximum absolute atomic E-state index is 13.0. The minimum absolute atomic E-state index is 0.204. The van der Waals surface area contributed by atoms with Crippen LogP contribution in [0, 0.1) is 0 Å². The van der Waals surface area contributed by atoms with Crippen molar-refractivity contribution in [3.63, 3.8) is 0 Å². The maximum atomic E-state index is 13.0. The molecular weight excluding hydrogens is 260 g/mol. The lowest BCUT2D eigenvalue weighted by molar-refractivity contribution is -0.135. The van der Waals surface area contributed by atoms with Crippen LogP contribution in [0.2, 0.25) is 0 Å². The van der Waals surface area contributed by atoms with Crippen molar-refractivity contribution in [3.8, 4) is 0 Å². The zero-order chi connectivity index (χ0) is 14.8. The average molecular weight is 284 g/mol. The first kappa shape index (κ1) is 14.3. The maximum Gasteiger partial charge on any atom is 0.244 e. The van der Waals surface area contributed by atoms with Gasteiger partial charge in [-0.05, 0) is 36.6 Å². The smallest absolute Gasteiger partial charge is 0.244 e. The molecule has 1 amide bonds. The van der Waals surface area contributed by atoms with Gasteiger partial charge in [-0.15, -0.1) is 0 Å². The van der Waals surface area contributed by atoms with Crippen molar-refractivity contribution in [2.24, 2.45) is 0 Å². The van der Waals surface area contributed by atoms with Crippen LogP contribution in [0.15, 0.2) is 30.8 Å². The summed E-state index contributed by atoms with van der Waals surface area (Å²) < 4.78 is 0. The first-order valence-electron chi connectivity index (χ1n) is 7.97. The molecule has 1 heterocycles. The lowest BCUT2D eigenvalue weighted by atomic mass is 9.93. The highest BCUT2D eigenvalue weighted by Crippen LogP contribution is 2.33. The molecule has 1 saturated carbocycles. The number of rotatable bonds is 2. The molecular formula is C18H24N2O. The number of carbonyl (C=O) groups is 1. The molecule has 1 N–H and O–H groups in total. The largest absolute Gasteiger partial charge is 0.334 e. The fraction of sp³-hybridized carbons (Fsp3) is 0.500. The van der Waals surface area contributed by atoms with Crippen LogP contribution in [-0.2, 0) is 4.79 Å². The third kappa shape index (κ3) is 2.62. The molecule has 1 fully saturated rings. The third-order valence-corrected chi connectivity index (χ3v) is 4.85. The van der Waals surface area contributed by atoms with E-state index in [2.05, 4.69) is 22.9 Å². The number of likely N-dealkylation sites (N-methyl/N-ethyl adjacent to an activating group) is 1. The van der Waals surface area contributed by atoms with E-state index in [9.17, 15) is 4.79 Å². The average Bonchev–Trinajstić information content (AvgIpc) is 2.64. The highest BCUT2D eigenvalue weighted by molar-refractivity contribution is 5.89. The second kappa shape index (κ2) is 6.02. The van der Waals surface area contributed by atoms with Crippen molar-refractivity contribution >= 4 is 11.5 Å². The molecule has 1 aromatic rings. The van der Waals surface area contributed by atoms with Gasteiger partial charge in [0.1, 0.15) is 6.04 Å². The summed E-state index contributed by atoms with van der Waals surface area (Å²) in [6.45, 7) is 4.91. The number of benzene rings is 1. The molecule has 3 nitrogen and oxygen atoms in total. The summed E-state index contributed by atoms with van der Waals surface area (Å²) >= 11 is 0. The Balaban J connectivity index is 1.97. The number of fused-ring (bicyclic) bond motifs is 1. The molecule has 1 aromatic carbocycles. The highest BCUT2D eigenvalue weighted by Gasteiger charge is 2.35. The molecule has 1 aliphatic carbocycles. The molecule has 0 aromatic heterocycles. The van der Waals surface area contributed by atoms with Gasteiger partial charge in [0.25, 0.3) is 0 Å². The molecule has 0 saturated heterocycles. The van der Waals surface area contributed by atoms with Crippen molar-refractivity contribution in [2.45, 2.75) is 44.2 Å². The number of amides is 1. The zero-order valence-electron chi connectivity index (χ0n) is 12.8. The fourth-order valence-corrected chi connectivity index (χ4v) is 3.72. The second-order valence-electron chi connectivity index (χ2n) is 6.17. The van der Waals surface area contributed by atoms with Gasteiger partial charge in [0.15, 0.2) is 0 Å². The first-order chi connectivity index (χ1) is 10.2. The highest BCUT2D eigenvalue weighted by atomic mass is 16.2. The van der Waals surface area contributed by atoms with Gasteiger partial charge >= 0.3 is 0 Å². The molecule has 112 valence electrons. The van der Waals surface area contributed by atoms with Crippen molar-refractivity contribution in [1.82, 2.24) is 10.2 Å². The van der Waals surface area contributed by atoms with Gasteiger partial charge in [-0.3, -0.25) is 4.79 Å². The lowest BCUT2D eigenvalue weighted by Crippen LogP contribution is -2.45. The summed E-state index contributed by atoms with van der Waals surface area (Å²) in [7, 11) is 1.87. The topological polar surface area (TPSA) is 32.3 Å². The molecule has 1 unspecified atom stereocenters. The predicted molar refractivity (Wildman–Crippen MR) is 85.9 cm³/mol. The molecule has 1 aliphatic heterocycles. The minimum atomic E-state index is -0.248. The van der Waals surface area contributed by atoms with Crippen molar-refractivity contribution in [2.75, 3.05) is 13.6 Å². The van der Waals surface area contributed by atoms with Crippen molar-refractivity contribution in [3.05, 3.63) is 42.0 Å². The summed E-state index contributed by atoms with van der Waals surface area (Å²) in [4.78, 5) is 15.1. The monoisotopic (exact) mass is 284 g/mol. The van der Waals surface area contributed by atoms with Gasteiger partial charge in [-0.1, -0.05) is 50.1 Å². The zero-order valence-corrected chi connectivity index (χ0v) is 12.8. The van der Waals surface area contributed by atoms with Crippen molar-refractivity contribution < 1.29 is 4.79 Å².